The molecule has 5 rings (SSSR count). The molecule has 0 spiro atoms. The first-order chi connectivity index (χ1) is 13.3. The minimum atomic E-state index is 0.440. The Kier molecular flexibility index (Phi) is 4.59. The second-order valence-electron chi connectivity index (χ2n) is 7.60. The van der Waals surface area contributed by atoms with Gasteiger partial charge in [-0.3, -0.25) is 9.30 Å². The number of nitrogens with zero attached hydrogens (tertiary/aromatic N) is 6. The summed E-state index contributed by atoms with van der Waals surface area (Å²) in [5.74, 6) is 1.28. The topological polar surface area (TPSA) is 39.9 Å². The molecule has 7 heteroatoms. The van der Waals surface area contributed by atoms with E-state index >= 15 is 0 Å². The summed E-state index contributed by atoms with van der Waals surface area (Å²) in [6.45, 7) is 6.34. The second kappa shape index (κ2) is 7.22. The van der Waals surface area contributed by atoms with Crippen LogP contribution in [-0.2, 0) is 6.54 Å². The van der Waals surface area contributed by atoms with Gasteiger partial charge in [-0.15, -0.1) is 11.3 Å². The van der Waals surface area contributed by atoms with Crippen molar-refractivity contribution in [2.24, 2.45) is 0 Å². The summed E-state index contributed by atoms with van der Waals surface area (Å²) in [5.41, 5.74) is 2.25. The summed E-state index contributed by atoms with van der Waals surface area (Å²) >= 11 is 1.78. The van der Waals surface area contributed by atoms with Crippen LogP contribution in [0.5, 0.6) is 0 Å². The number of hydrogen-bond acceptors (Lipinski definition) is 6. The van der Waals surface area contributed by atoms with Crippen LogP contribution >= 0.6 is 11.3 Å². The van der Waals surface area contributed by atoms with Crippen LogP contribution in [0, 0.1) is 0 Å². The third kappa shape index (κ3) is 3.24. The Balaban J connectivity index is 1.48. The first-order valence-electron chi connectivity index (χ1n) is 9.82. The van der Waals surface area contributed by atoms with Gasteiger partial charge in [-0.2, -0.15) is 0 Å². The Hall–Kier alpha value is -1.96. The molecule has 0 radical (unpaired) electrons. The average molecular weight is 383 g/mol. The largest absolute Gasteiger partial charge is 0.354 e. The van der Waals surface area contributed by atoms with Crippen LogP contribution in [0.4, 0.5) is 5.82 Å². The van der Waals surface area contributed by atoms with Crippen LogP contribution in [0.15, 0.2) is 36.0 Å². The van der Waals surface area contributed by atoms with Crippen molar-refractivity contribution in [3.05, 3.63) is 46.7 Å². The van der Waals surface area contributed by atoms with E-state index in [-0.39, 0.29) is 0 Å². The standard InChI is InChI=1S/C20H26N6S/c1-23-10-12-24(13-11-23)20-16(22-18-6-2-3-9-26(18)20)15-25-8-4-5-17(25)19-21-7-14-27-19/h2-3,6-7,9,14,17H,4-5,8,10-13,15H2,1H3. The minimum Gasteiger partial charge on any atom is -0.354 e. The number of likely N-dealkylation sites (N-methyl/N-ethyl adjacent to an activating group) is 1. The Morgan fingerprint density at radius 2 is 2.04 bits per heavy atom. The van der Waals surface area contributed by atoms with E-state index in [1.807, 2.05) is 6.20 Å². The van der Waals surface area contributed by atoms with E-state index in [1.165, 1.54) is 29.4 Å². The van der Waals surface area contributed by atoms with Crippen LogP contribution in [0.25, 0.3) is 5.65 Å². The first-order valence-corrected chi connectivity index (χ1v) is 10.7. The number of hydrogen-bond donors (Lipinski definition) is 0. The fourth-order valence-corrected chi connectivity index (χ4v) is 5.18. The monoisotopic (exact) mass is 382 g/mol. The minimum absolute atomic E-state index is 0.440. The summed E-state index contributed by atoms with van der Waals surface area (Å²) < 4.78 is 2.27. The van der Waals surface area contributed by atoms with E-state index in [2.05, 4.69) is 60.9 Å². The van der Waals surface area contributed by atoms with Crippen molar-refractivity contribution in [2.75, 3.05) is 44.7 Å². The van der Waals surface area contributed by atoms with Gasteiger partial charge in [-0.05, 0) is 38.6 Å². The molecule has 0 N–H and O–H groups in total. The van der Waals surface area contributed by atoms with Gasteiger partial charge in [-0.25, -0.2) is 9.97 Å². The van der Waals surface area contributed by atoms with E-state index in [0.717, 1.165) is 44.9 Å². The van der Waals surface area contributed by atoms with E-state index in [1.54, 1.807) is 11.3 Å². The molecule has 0 bridgehead atoms. The summed E-state index contributed by atoms with van der Waals surface area (Å²) in [4.78, 5) is 17.1. The highest BCUT2D eigenvalue weighted by Crippen LogP contribution is 2.35. The lowest BCUT2D eigenvalue weighted by Gasteiger charge is -2.34. The predicted molar refractivity (Wildman–Crippen MR) is 109 cm³/mol. The number of rotatable bonds is 4. The van der Waals surface area contributed by atoms with Crippen molar-refractivity contribution in [1.82, 2.24) is 24.2 Å². The molecule has 27 heavy (non-hydrogen) atoms. The Bertz CT molecular complexity index is 896. The molecule has 2 aliphatic heterocycles. The summed E-state index contributed by atoms with van der Waals surface area (Å²) in [7, 11) is 2.20. The van der Waals surface area contributed by atoms with Gasteiger partial charge in [0.25, 0.3) is 0 Å². The van der Waals surface area contributed by atoms with Gasteiger partial charge in [0.2, 0.25) is 0 Å². The molecule has 6 nitrogen and oxygen atoms in total. The molecule has 1 unspecified atom stereocenters. The smallest absolute Gasteiger partial charge is 0.138 e. The van der Waals surface area contributed by atoms with Gasteiger partial charge < -0.3 is 9.80 Å². The lowest BCUT2D eigenvalue weighted by atomic mass is 10.2. The molecule has 2 aliphatic rings. The fraction of sp³-hybridized carbons (Fsp3) is 0.500. The van der Waals surface area contributed by atoms with Crippen molar-refractivity contribution >= 4 is 22.8 Å². The Morgan fingerprint density at radius 1 is 1.15 bits per heavy atom. The van der Waals surface area contributed by atoms with Crippen molar-refractivity contribution in [2.45, 2.75) is 25.4 Å². The average Bonchev–Trinajstić information content (AvgIpc) is 3.42. The van der Waals surface area contributed by atoms with E-state index in [4.69, 9.17) is 4.98 Å². The maximum absolute atomic E-state index is 5.04. The fourth-order valence-electron chi connectivity index (χ4n) is 4.38. The maximum atomic E-state index is 5.04. The molecular weight excluding hydrogens is 356 g/mol. The van der Waals surface area contributed by atoms with E-state index in [9.17, 15) is 0 Å². The number of piperazine rings is 1. The zero-order valence-electron chi connectivity index (χ0n) is 15.8. The zero-order chi connectivity index (χ0) is 18.2. The lowest BCUT2D eigenvalue weighted by Crippen LogP contribution is -2.45. The number of aromatic nitrogens is 3. The van der Waals surface area contributed by atoms with Gasteiger partial charge in [0.1, 0.15) is 16.5 Å². The van der Waals surface area contributed by atoms with Gasteiger partial charge in [0.05, 0.1) is 11.7 Å². The number of thiazole rings is 1. The highest BCUT2D eigenvalue weighted by Gasteiger charge is 2.30. The molecule has 1 atom stereocenters. The summed E-state index contributed by atoms with van der Waals surface area (Å²) in [6, 6.07) is 6.74. The summed E-state index contributed by atoms with van der Waals surface area (Å²) in [5, 5.41) is 3.34. The highest BCUT2D eigenvalue weighted by molar-refractivity contribution is 7.09. The number of fused-ring (bicyclic) bond motifs is 1. The Labute approximate surface area is 164 Å². The van der Waals surface area contributed by atoms with Crippen molar-refractivity contribution in [3.8, 4) is 0 Å². The predicted octanol–water partition coefficient (Wildman–Crippen LogP) is 2.88. The molecule has 5 heterocycles. The third-order valence-corrected chi connectivity index (χ3v) is 6.71. The number of pyridine rings is 1. The molecule has 2 saturated heterocycles. The molecule has 142 valence electrons. The second-order valence-corrected chi connectivity index (χ2v) is 8.53. The molecule has 3 aromatic heterocycles. The van der Waals surface area contributed by atoms with Crippen LogP contribution in [0.1, 0.15) is 29.6 Å². The summed E-state index contributed by atoms with van der Waals surface area (Å²) in [6.07, 6.45) is 6.52. The van der Waals surface area contributed by atoms with Gasteiger partial charge in [-0.1, -0.05) is 6.07 Å². The van der Waals surface area contributed by atoms with Crippen LogP contribution in [0.2, 0.25) is 0 Å². The van der Waals surface area contributed by atoms with Crippen molar-refractivity contribution in [3.63, 3.8) is 0 Å². The SMILES string of the molecule is CN1CCN(c2c(CN3CCCC3c3nccs3)nc3ccccn23)CC1. The number of anilines is 1. The normalized spacial score (nSPS) is 22.1. The Morgan fingerprint density at radius 3 is 2.85 bits per heavy atom. The van der Waals surface area contributed by atoms with Crippen molar-refractivity contribution in [1.29, 1.82) is 0 Å². The van der Waals surface area contributed by atoms with Crippen LogP contribution < -0.4 is 4.90 Å². The molecule has 2 fully saturated rings. The quantitative estimate of drug-likeness (QED) is 0.694. The zero-order valence-corrected chi connectivity index (χ0v) is 16.6. The lowest BCUT2D eigenvalue weighted by molar-refractivity contribution is 0.245. The molecule has 0 aliphatic carbocycles. The molecule has 0 aromatic carbocycles. The van der Waals surface area contributed by atoms with Crippen LogP contribution in [0.3, 0.4) is 0 Å². The third-order valence-electron chi connectivity index (χ3n) is 5.83. The van der Waals surface area contributed by atoms with Crippen LogP contribution in [-0.4, -0.2) is 63.9 Å². The van der Waals surface area contributed by atoms with Gasteiger partial charge in [0, 0.05) is 50.5 Å². The maximum Gasteiger partial charge on any atom is 0.138 e. The van der Waals surface area contributed by atoms with Crippen molar-refractivity contribution < 1.29 is 0 Å². The molecule has 3 aromatic rings. The number of imidazole rings is 1. The highest BCUT2D eigenvalue weighted by atomic mass is 32.1. The first kappa shape index (κ1) is 17.2. The van der Waals surface area contributed by atoms with E-state index in [0.29, 0.717) is 6.04 Å². The molecule has 0 amide bonds. The van der Waals surface area contributed by atoms with Gasteiger partial charge in [0.15, 0.2) is 0 Å². The van der Waals surface area contributed by atoms with E-state index < -0.39 is 0 Å². The van der Waals surface area contributed by atoms with Gasteiger partial charge >= 0.3 is 0 Å². The molecular formula is C20H26N6S. The number of likely N-dealkylation sites (tertiary alicyclic amines) is 1. The molecule has 0 saturated carbocycles.